The van der Waals surface area contributed by atoms with Gasteiger partial charge in [0, 0.05) is 4.43 Å². The number of halogens is 1. The molecule has 0 spiro atoms. The van der Waals surface area contributed by atoms with E-state index in [9.17, 15) is 4.79 Å². The average Bonchev–Trinajstić information content (AvgIpc) is 1.95. The first-order chi connectivity index (χ1) is 4.75. The van der Waals surface area contributed by atoms with Gasteiger partial charge in [0.25, 0.3) is 0 Å². The molecule has 0 aliphatic heterocycles. The van der Waals surface area contributed by atoms with Crippen LogP contribution in [0.5, 0.6) is 0 Å². The Kier molecular flexibility index (Phi) is 2.62. The van der Waals surface area contributed by atoms with E-state index in [1.165, 1.54) is 6.08 Å². The lowest BCUT2D eigenvalue weighted by Gasteiger charge is -2.11. The van der Waals surface area contributed by atoms with Crippen LogP contribution in [0.15, 0.2) is 23.8 Å². The predicted molar refractivity (Wildman–Crippen MR) is 47.1 cm³/mol. The van der Waals surface area contributed by atoms with Gasteiger partial charge >= 0.3 is 0 Å². The summed E-state index contributed by atoms with van der Waals surface area (Å²) >= 11 is 2.12. The number of hydrogen-bond donors (Lipinski definition) is 1. The summed E-state index contributed by atoms with van der Waals surface area (Å²) in [5.74, 6) is -0.214. The maximum atomic E-state index is 10.8. The van der Waals surface area contributed by atoms with Crippen molar-refractivity contribution in [3.8, 4) is 0 Å². The van der Waals surface area contributed by atoms with E-state index in [1.807, 2.05) is 0 Å². The Labute approximate surface area is 72.8 Å². The van der Waals surface area contributed by atoms with Crippen LogP contribution in [0, 0.1) is 0 Å². The first kappa shape index (κ1) is 7.94. The van der Waals surface area contributed by atoms with Crippen molar-refractivity contribution < 1.29 is 9.90 Å². The van der Waals surface area contributed by atoms with Crippen LogP contribution in [0.3, 0.4) is 0 Å². The number of hydrogen-bond acceptors (Lipinski definition) is 2. The van der Waals surface area contributed by atoms with E-state index >= 15 is 0 Å². The van der Waals surface area contributed by atoms with Gasteiger partial charge in [-0.3, -0.25) is 4.79 Å². The summed E-state index contributed by atoms with van der Waals surface area (Å²) in [5.41, 5.74) is 0.785. The van der Waals surface area contributed by atoms with E-state index in [-0.39, 0.29) is 5.78 Å². The Morgan fingerprint density at radius 3 is 2.90 bits per heavy atom. The highest BCUT2D eigenvalue weighted by molar-refractivity contribution is 14.1. The minimum absolute atomic E-state index is 0.214. The predicted octanol–water partition coefficient (Wildman–Crippen LogP) is 0.848. The SMILES string of the molecule is O=C1C=CC=C(CI)[C@H]1O. The Morgan fingerprint density at radius 1 is 1.70 bits per heavy atom. The number of carbonyl (C=O) groups excluding carboxylic acids is 1. The summed E-state index contributed by atoms with van der Waals surface area (Å²) in [6, 6.07) is 0. The molecule has 10 heavy (non-hydrogen) atoms. The molecule has 1 aliphatic rings. The molecule has 0 aromatic carbocycles. The second-order valence-corrected chi connectivity index (χ2v) is 2.80. The Morgan fingerprint density at radius 2 is 2.40 bits per heavy atom. The highest BCUT2D eigenvalue weighted by atomic mass is 127. The highest BCUT2D eigenvalue weighted by Crippen LogP contribution is 2.12. The van der Waals surface area contributed by atoms with Crippen molar-refractivity contribution >= 4 is 28.4 Å². The molecule has 0 heterocycles. The van der Waals surface area contributed by atoms with Crippen molar-refractivity contribution in [2.45, 2.75) is 6.10 Å². The fourth-order valence-electron chi connectivity index (χ4n) is 0.749. The summed E-state index contributed by atoms with van der Waals surface area (Å²) in [5, 5.41) is 9.16. The van der Waals surface area contributed by atoms with Gasteiger partial charge in [-0.05, 0) is 11.6 Å². The smallest absolute Gasteiger partial charge is 0.188 e. The topological polar surface area (TPSA) is 37.3 Å². The zero-order valence-electron chi connectivity index (χ0n) is 5.25. The molecule has 0 radical (unpaired) electrons. The molecule has 54 valence electrons. The lowest BCUT2D eigenvalue weighted by atomic mass is 10.0. The maximum Gasteiger partial charge on any atom is 0.188 e. The third-order valence-corrected chi connectivity index (χ3v) is 2.23. The second-order valence-electron chi connectivity index (χ2n) is 2.04. The van der Waals surface area contributed by atoms with E-state index in [1.54, 1.807) is 12.2 Å². The third-order valence-electron chi connectivity index (χ3n) is 1.35. The minimum Gasteiger partial charge on any atom is -0.380 e. The largest absolute Gasteiger partial charge is 0.380 e. The quantitative estimate of drug-likeness (QED) is 0.553. The van der Waals surface area contributed by atoms with Gasteiger partial charge in [0.1, 0.15) is 6.10 Å². The molecule has 0 fully saturated rings. The zero-order chi connectivity index (χ0) is 7.56. The van der Waals surface area contributed by atoms with Gasteiger partial charge in [0.2, 0.25) is 0 Å². The Hall–Kier alpha value is -0.160. The first-order valence-electron chi connectivity index (χ1n) is 2.90. The standard InChI is InChI=1S/C7H7IO2/c8-4-5-2-1-3-6(9)7(5)10/h1-3,7,10H,4H2/t7-/m1/s1. The Bertz CT molecular complexity index is 206. The fraction of sp³-hybridized carbons (Fsp3) is 0.286. The second kappa shape index (κ2) is 3.30. The van der Waals surface area contributed by atoms with Crippen LogP contribution < -0.4 is 0 Å². The summed E-state index contributed by atoms with van der Waals surface area (Å²) in [6.45, 7) is 0. The lowest BCUT2D eigenvalue weighted by molar-refractivity contribution is -0.120. The molecule has 1 aliphatic carbocycles. The van der Waals surface area contributed by atoms with Gasteiger partial charge < -0.3 is 5.11 Å². The van der Waals surface area contributed by atoms with E-state index in [0.717, 1.165) is 5.57 Å². The monoisotopic (exact) mass is 250 g/mol. The van der Waals surface area contributed by atoms with Crippen molar-refractivity contribution in [1.29, 1.82) is 0 Å². The van der Waals surface area contributed by atoms with Crippen LogP contribution in [0.1, 0.15) is 0 Å². The van der Waals surface area contributed by atoms with Crippen molar-refractivity contribution in [3.63, 3.8) is 0 Å². The minimum atomic E-state index is -0.887. The lowest BCUT2D eigenvalue weighted by Crippen LogP contribution is -2.23. The molecule has 1 atom stereocenters. The summed E-state index contributed by atoms with van der Waals surface area (Å²) in [4.78, 5) is 10.8. The van der Waals surface area contributed by atoms with Crippen LogP contribution in [-0.2, 0) is 4.79 Å². The number of aliphatic hydroxyl groups excluding tert-OH is 1. The van der Waals surface area contributed by atoms with Crippen LogP contribution in [0.4, 0.5) is 0 Å². The normalized spacial score (nSPS) is 24.8. The van der Waals surface area contributed by atoms with Crippen molar-refractivity contribution in [3.05, 3.63) is 23.8 Å². The van der Waals surface area contributed by atoms with Gasteiger partial charge in [0.05, 0.1) is 0 Å². The molecule has 0 saturated carbocycles. The molecule has 0 aromatic heterocycles. The molecule has 2 nitrogen and oxygen atoms in total. The Balaban J connectivity index is 2.81. The average molecular weight is 250 g/mol. The molecule has 0 aromatic rings. The van der Waals surface area contributed by atoms with E-state index < -0.39 is 6.10 Å². The van der Waals surface area contributed by atoms with Crippen molar-refractivity contribution in [2.75, 3.05) is 4.43 Å². The zero-order valence-corrected chi connectivity index (χ0v) is 7.41. The van der Waals surface area contributed by atoms with Crippen LogP contribution in [0.2, 0.25) is 0 Å². The molecule has 0 unspecified atom stereocenters. The van der Waals surface area contributed by atoms with Crippen molar-refractivity contribution in [2.24, 2.45) is 0 Å². The van der Waals surface area contributed by atoms with Crippen molar-refractivity contribution in [1.82, 2.24) is 0 Å². The molecular formula is C7H7IO2. The first-order valence-corrected chi connectivity index (χ1v) is 4.43. The molecule has 0 amide bonds. The number of rotatable bonds is 1. The number of carbonyl (C=O) groups is 1. The highest BCUT2D eigenvalue weighted by Gasteiger charge is 2.18. The number of ketones is 1. The number of allylic oxidation sites excluding steroid dienone is 2. The van der Waals surface area contributed by atoms with Crippen LogP contribution in [0.25, 0.3) is 0 Å². The number of alkyl halides is 1. The molecule has 0 bridgehead atoms. The maximum absolute atomic E-state index is 10.8. The van der Waals surface area contributed by atoms with Gasteiger partial charge in [-0.1, -0.05) is 34.7 Å². The van der Waals surface area contributed by atoms with E-state index in [4.69, 9.17) is 5.11 Å². The van der Waals surface area contributed by atoms with E-state index in [0.29, 0.717) is 4.43 Å². The number of aliphatic hydroxyl groups is 1. The fourth-order valence-corrected chi connectivity index (χ4v) is 1.42. The van der Waals surface area contributed by atoms with Gasteiger partial charge in [0.15, 0.2) is 5.78 Å². The molecule has 3 heteroatoms. The van der Waals surface area contributed by atoms with Gasteiger partial charge in [-0.25, -0.2) is 0 Å². The molecule has 0 saturated heterocycles. The molecule has 1 rings (SSSR count). The third kappa shape index (κ3) is 1.46. The summed E-state index contributed by atoms with van der Waals surface area (Å²) < 4.78 is 0.703. The molecule has 1 N–H and O–H groups in total. The molecular weight excluding hydrogens is 243 g/mol. The van der Waals surface area contributed by atoms with Gasteiger partial charge in [-0.15, -0.1) is 0 Å². The summed E-state index contributed by atoms with van der Waals surface area (Å²) in [6.07, 6.45) is 3.95. The van der Waals surface area contributed by atoms with Crippen LogP contribution >= 0.6 is 22.6 Å². The van der Waals surface area contributed by atoms with Gasteiger partial charge in [-0.2, -0.15) is 0 Å². The van der Waals surface area contributed by atoms with E-state index in [2.05, 4.69) is 22.6 Å². The van der Waals surface area contributed by atoms with Crippen LogP contribution in [-0.4, -0.2) is 21.4 Å². The summed E-state index contributed by atoms with van der Waals surface area (Å²) in [7, 11) is 0.